The molecule has 0 aliphatic heterocycles. The van der Waals surface area contributed by atoms with Crippen molar-refractivity contribution in [1.29, 1.82) is 0 Å². The Hall–Kier alpha value is -2.97. The van der Waals surface area contributed by atoms with Crippen LogP contribution in [0.25, 0.3) is 0 Å². The third-order valence-electron chi connectivity index (χ3n) is 2.02. The fourth-order valence-corrected chi connectivity index (χ4v) is 1.26. The molecule has 0 unspecified atom stereocenters. The minimum Gasteiger partial charge on any atom is -0.478 e. The first-order valence-corrected chi connectivity index (χ1v) is 4.28. The molecule has 18 heavy (non-hydrogen) atoms. The van der Waals surface area contributed by atoms with Gasteiger partial charge >= 0.3 is 17.9 Å². The molecule has 0 heterocycles. The van der Waals surface area contributed by atoms with E-state index in [2.05, 4.69) is 0 Å². The van der Waals surface area contributed by atoms with Crippen LogP contribution < -0.4 is 0 Å². The van der Waals surface area contributed by atoms with E-state index in [1.807, 2.05) is 0 Å². The molecule has 3 N–H and O–H groups in total. The van der Waals surface area contributed by atoms with Gasteiger partial charge in [0.2, 0.25) is 0 Å². The SMILES string of the molecule is O=C(O)c1cc(C(=O)O)c([N+](=O)[O-])cc1C(=O)O. The summed E-state index contributed by atoms with van der Waals surface area (Å²) < 4.78 is 0. The summed E-state index contributed by atoms with van der Waals surface area (Å²) in [6.07, 6.45) is 0. The first kappa shape index (κ1) is 13.1. The van der Waals surface area contributed by atoms with Gasteiger partial charge < -0.3 is 15.3 Å². The number of nitro groups is 1. The lowest BCUT2D eigenvalue weighted by Crippen LogP contribution is -2.12. The Balaban J connectivity index is 3.71. The average Bonchev–Trinajstić information content (AvgIpc) is 2.26. The lowest BCUT2D eigenvalue weighted by molar-refractivity contribution is -0.385. The number of benzene rings is 1. The highest BCUT2D eigenvalue weighted by atomic mass is 16.6. The summed E-state index contributed by atoms with van der Waals surface area (Å²) in [4.78, 5) is 41.7. The number of hydrogen-bond donors (Lipinski definition) is 3. The zero-order valence-electron chi connectivity index (χ0n) is 8.48. The molecule has 0 aromatic heterocycles. The minimum atomic E-state index is -1.72. The zero-order chi connectivity index (χ0) is 14.0. The molecule has 0 aliphatic rings. The highest BCUT2D eigenvalue weighted by Crippen LogP contribution is 2.24. The van der Waals surface area contributed by atoms with Crippen LogP contribution in [-0.2, 0) is 0 Å². The van der Waals surface area contributed by atoms with Gasteiger partial charge in [0.05, 0.1) is 16.1 Å². The monoisotopic (exact) mass is 255 g/mol. The molecule has 1 rings (SSSR count). The Bertz CT molecular complexity index is 478. The topological polar surface area (TPSA) is 155 Å². The Morgan fingerprint density at radius 1 is 0.889 bits per heavy atom. The Labute approximate surface area is 98.0 Å². The summed E-state index contributed by atoms with van der Waals surface area (Å²) in [7, 11) is 0. The molecular formula is C9H5NO8. The van der Waals surface area contributed by atoms with E-state index in [1.54, 1.807) is 0 Å². The molecule has 94 valence electrons. The third-order valence-corrected chi connectivity index (χ3v) is 2.02. The molecule has 0 bridgehead atoms. The van der Waals surface area contributed by atoms with Gasteiger partial charge in [-0.15, -0.1) is 0 Å². The molecule has 1 aromatic rings. The van der Waals surface area contributed by atoms with Crippen molar-refractivity contribution in [3.05, 3.63) is 38.9 Å². The van der Waals surface area contributed by atoms with E-state index in [4.69, 9.17) is 15.3 Å². The molecule has 0 radical (unpaired) electrons. The van der Waals surface area contributed by atoms with Crippen LogP contribution in [-0.4, -0.2) is 38.2 Å². The van der Waals surface area contributed by atoms with Crippen LogP contribution in [0.15, 0.2) is 12.1 Å². The normalized spacial score (nSPS) is 9.78. The molecule has 0 aliphatic carbocycles. The second-order valence-electron chi connectivity index (χ2n) is 3.09. The molecule has 9 heteroatoms. The lowest BCUT2D eigenvalue weighted by atomic mass is 10.0. The number of carboxylic acids is 3. The molecule has 0 saturated carbocycles. The van der Waals surface area contributed by atoms with Gasteiger partial charge in [-0.25, -0.2) is 14.4 Å². The van der Waals surface area contributed by atoms with Gasteiger partial charge in [-0.05, 0) is 6.07 Å². The fraction of sp³-hybridized carbons (Fsp3) is 0. The number of carboxylic acid groups (broad SMARTS) is 3. The molecule has 0 amide bonds. The number of nitro benzene ring substituents is 1. The Morgan fingerprint density at radius 2 is 1.28 bits per heavy atom. The summed E-state index contributed by atoms with van der Waals surface area (Å²) in [5, 5.41) is 36.7. The second kappa shape index (κ2) is 4.49. The van der Waals surface area contributed by atoms with E-state index in [9.17, 15) is 24.5 Å². The van der Waals surface area contributed by atoms with Gasteiger partial charge in [0, 0.05) is 6.07 Å². The van der Waals surface area contributed by atoms with Crippen molar-refractivity contribution >= 4 is 23.6 Å². The van der Waals surface area contributed by atoms with Crippen molar-refractivity contribution in [3.8, 4) is 0 Å². The summed E-state index contributed by atoms with van der Waals surface area (Å²) >= 11 is 0. The predicted molar refractivity (Wildman–Crippen MR) is 54.0 cm³/mol. The Kier molecular flexibility index (Phi) is 3.27. The van der Waals surface area contributed by atoms with Crippen molar-refractivity contribution < 1.29 is 34.6 Å². The molecule has 9 nitrogen and oxygen atoms in total. The van der Waals surface area contributed by atoms with E-state index in [0.717, 1.165) is 0 Å². The maximum Gasteiger partial charge on any atom is 0.342 e. The summed E-state index contributed by atoms with van der Waals surface area (Å²) in [5.41, 5.74) is -3.54. The van der Waals surface area contributed by atoms with E-state index >= 15 is 0 Å². The highest BCUT2D eigenvalue weighted by molar-refractivity contribution is 6.05. The molecule has 1 aromatic carbocycles. The van der Waals surface area contributed by atoms with Crippen molar-refractivity contribution in [2.24, 2.45) is 0 Å². The lowest BCUT2D eigenvalue weighted by Gasteiger charge is -2.04. The van der Waals surface area contributed by atoms with Crippen LogP contribution in [0, 0.1) is 10.1 Å². The molecule has 0 fully saturated rings. The summed E-state index contributed by atoms with van der Waals surface area (Å²) in [6.45, 7) is 0. The van der Waals surface area contributed by atoms with E-state index < -0.39 is 45.2 Å². The minimum absolute atomic E-state index is 0.412. The van der Waals surface area contributed by atoms with Crippen LogP contribution in [0.2, 0.25) is 0 Å². The van der Waals surface area contributed by atoms with Crippen molar-refractivity contribution in [3.63, 3.8) is 0 Å². The molecule has 0 saturated heterocycles. The third kappa shape index (κ3) is 2.24. The second-order valence-corrected chi connectivity index (χ2v) is 3.09. The number of nitrogens with zero attached hydrogens (tertiary/aromatic N) is 1. The van der Waals surface area contributed by atoms with E-state index in [1.165, 1.54) is 0 Å². The summed E-state index contributed by atoms with van der Waals surface area (Å²) in [5.74, 6) is -5.11. The summed E-state index contributed by atoms with van der Waals surface area (Å²) in [6, 6.07) is 0.863. The van der Waals surface area contributed by atoms with Crippen LogP contribution in [0.4, 0.5) is 5.69 Å². The highest BCUT2D eigenvalue weighted by Gasteiger charge is 2.27. The number of rotatable bonds is 4. The Morgan fingerprint density at radius 3 is 1.61 bits per heavy atom. The van der Waals surface area contributed by atoms with Crippen LogP contribution in [0.3, 0.4) is 0 Å². The first-order chi connectivity index (χ1) is 8.25. The zero-order valence-corrected chi connectivity index (χ0v) is 8.48. The van der Waals surface area contributed by atoms with Gasteiger partial charge in [0.25, 0.3) is 5.69 Å². The van der Waals surface area contributed by atoms with Crippen molar-refractivity contribution in [2.75, 3.05) is 0 Å². The molecule has 0 spiro atoms. The number of hydrogen-bond acceptors (Lipinski definition) is 5. The molecule has 0 atom stereocenters. The first-order valence-electron chi connectivity index (χ1n) is 4.28. The van der Waals surface area contributed by atoms with Crippen LogP contribution in [0.5, 0.6) is 0 Å². The maximum absolute atomic E-state index is 10.8. The van der Waals surface area contributed by atoms with Crippen molar-refractivity contribution in [1.82, 2.24) is 0 Å². The van der Waals surface area contributed by atoms with Gasteiger partial charge in [0.15, 0.2) is 0 Å². The van der Waals surface area contributed by atoms with Crippen LogP contribution in [0.1, 0.15) is 31.1 Å². The predicted octanol–water partition coefficient (Wildman–Crippen LogP) is 0.689. The average molecular weight is 255 g/mol. The largest absolute Gasteiger partial charge is 0.478 e. The standard InChI is InChI=1S/C9H5NO8/c11-7(12)3-1-5(9(15)16)6(10(17)18)2-4(3)8(13)14/h1-2H,(H,11,12)(H,13,14)(H,15,16). The van der Waals surface area contributed by atoms with Gasteiger partial charge in [-0.1, -0.05) is 0 Å². The van der Waals surface area contributed by atoms with E-state index in [-0.39, 0.29) is 0 Å². The van der Waals surface area contributed by atoms with Gasteiger partial charge in [-0.3, -0.25) is 10.1 Å². The van der Waals surface area contributed by atoms with Crippen molar-refractivity contribution in [2.45, 2.75) is 0 Å². The van der Waals surface area contributed by atoms with Crippen LogP contribution >= 0.6 is 0 Å². The maximum atomic E-state index is 10.8. The molecular weight excluding hydrogens is 250 g/mol. The number of aromatic carboxylic acids is 3. The van der Waals surface area contributed by atoms with Gasteiger partial charge in [0.1, 0.15) is 5.56 Å². The number of carbonyl (C=O) groups is 3. The smallest absolute Gasteiger partial charge is 0.342 e. The fourth-order valence-electron chi connectivity index (χ4n) is 1.26. The van der Waals surface area contributed by atoms with Gasteiger partial charge in [-0.2, -0.15) is 0 Å². The van der Waals surface area contributed by atoms with E-state index in [0.29, 0.717) is 12.1 Å². The quantitative estimate of drug-likeness (QED) is 0.524.